The molecule has 3 aromatic rings. The maximum atomic E-state index is 12.3. The number of hydrogen-bond donors (Lipinski definition) is 1. The lowest BCUT2D eigenvalue weighted by Gasteiger charge is -2.10. The number of benzene rings is 2. The Morgan fingerprint density at radius 3 is 2.43 bits per heavy atom. The Hall–Kier alpha value is -3.60. The molecule has 0 aliphatic rings. The summed E-state index contributed by atoms with van der Waals surface area (Å²) in [7, 11) is 0. The molecule has 5 nitrogen and oxygen atoms in total. The number of aryl methyl sites for hydroxylation is 2. The van der Waals surface area contributed by atoms with E-state index in [9.17, 15) is 4.79 Å². The summed E-state index contributed by atoms with van der Waals surface area (Å²) in [6.07, 6.45) is 3.24. The van der Waals surface area contributed by atoms with Crippen molar-refractivity contribution in [2.75, 3.05) is 6.61 Å². The average molecular weight is 373 g/mol. The van der Waals surface area contributed by atoms with Crippen molar-refractivity contribution in [3.05, 3.63) is 95.8 Å². The highest BCUT2D eigenvalue weighted by molar-refractivity contribution is 5.95. The van der Waals surface area contributed by atoms with E-state index >= 15 is 0 Å². The Morgan fingerprint density at radius 2 is 1.75 bits per heavy atom. The van der Waals surface area contributed by atoms with Crippen LogP contribution in [0, 0.1) is 13.8 Å². The molecule has 0 aliphatic carbocycles. The van der Waals surface area contributed by atoms with Crippen molar-refractivity contribution in [1.82, 2.24) is 9.99 Å². The fourth-order valence-electron chi connectivity index (χ4n) is 2.93. The molecule has 142 valence electrons. The number of nitrogens with zero attached hydrogens (tertiary/aromatic N) is 2. The maximum absolute atomic E-state index is 12.3. The van der Waals surface area contributed by atoms with Gasteiger partial charge in [0.05, 0.1) is 6.21 Å². The zero-order valence-corrected chi connectivity index (χ0v) is 16.1. The maximum Gasteiger partial charge on any atom is 0.271 e. The molecule has 3 rings (SSSR count). The minimum Gasteiger partial charge on any atom is -0.489 e. The number of rotatable bonds is 7. The van der Waals surface area contributed by atoms with Crippen LogP contribution in [0.25, 0.3) is 5.69 Å². The lowest BCUT2D eigenvalue weighted by Crippen LogP contribution is -2.17. The van der Waals surface area contributed by atoms with Crippen LogP contribution in [0.3, 0.4) is 0 Å². The largest absolute Gasteiger partial charge is 0.489 e. The molecule has 1 N–H and O–H groups in total. The van der Waals surface area contributed by atoms with E-state index in [0.29, 0.717) is 17.9 Å². The molecule has 0 aliphatic heterocycles. The van der Waals surface area contributed by atoms with E-state index in [1.54, 1.807) is 24.4 Å². The van der Waals surface area contributed by atoms with Crippen LogP contribution in [-0.2, 0) is 0 Å². The van der Waals surface area contributed by atoms with Gasteiger partial charge >= 0.3 is 0 Å². The second-order valence-corrected chi connectivity index (χ2v) is 6.34. The summed E-state index contributed by atoms with van der Waals surface area (Å²) >= 11 is 0. The number of carbonyl (C=O) groups excluding carboxylic acids is 1. The predicted molar refractivity (Wildman–Crippen MR) is 112 cm³/mol. The molecular formula is C23H23N3O2. The summed E-state index contributed by atoms with van der Waals surface area (Å²) < 4.78 is 7.71. The summed E-state index contributed by atoms with van der Waals surface area (Å²) in [5.41, 5.74) is 7.19. The first-order valence-electron chi connectivity index (χ1n) is 9.01. The van der Waals surface area contributed by atoms with Gasteiger partial charge in [-0.2, -0.15) is 5.10 Å². The second kappa shape index (κ2) is 8.86. The van der Waals surface area contributed by atoms with Crippen LogP contribution >= 0.6 is 0 Å². The van der Waals surface area contributed by atoms with Gasteiger partial charge in [0.2, 0.25) is 0 Å². The number of para-hydroxylation sites is 1. The van der Waals surface area contributed by atoms with Crippen LogP contribution < -0.4 is 10.2 Å². The van der Waals surface area contributed by atoms with Crippen molar-refractivity contribution in [2.45, 2.75) is 13.8 Å². The fourth-order valence-corrected chi connectivity index (χ4v) is 2.93. The summed E-state index contributed by atoms with van der Waals surface area (Å²) in [5, 5.41) is 4.05. The molecule has 0 fully saturated rings. The highest BCUT2D eigenvalue weighted by atomic mass is 16.5. The van der Waals surface area contributed by atoms with Gasteiger partial charge in [0, 0.05) is 28.2 Å². The minimum atomic E-state index is -0.270. The van der Waals surface area contributed by atoms with Crippen LogP contribution in [0.2, 0.25) is 0 Å². The summed E-state index contributed by atoms with van der Waals surface area (Å²) in [4.78, 5) is 12.3. The van der Waals surface area contributed by atoms with Crippen molar-refractivity contribution < 1.29 is 9.53 Å². The number of amides is 1. The van der Waals surface area contributed by atoms with Gasteiger partial charge in [0.15, 0.2) is 0 Å². The van der Waals surface area contributed by atoms with Crippen molar-refractivity contribution >= 4 is 12.1 Å². The Labute approximate surface area is 165 Å². The molecule has 1 heterocycles. The number of carbonyl (C=O) groups is 1. The summed E-state index contributed by atoms with van der Waals surface area (Å²) in [5.74, 6) is 0.412. The number of nitrogens with one attached hydrogen (secondary N) is 1. The molecular weight excluding hydrogens is 350 g/mol. The first-order chi connectivity index (χ1) is 13.6. The lowest BCUT2D eigenvalue weighted by atomic mass is 10.2. The average Bonchev–Trinajstić information content (AvgIpc) is 3.05. The molecule has 28 heavy (non-hydrogen) atoms. The number of aromatic nitrogens is 1. The van der Waals surface area contributed by atoms with E-state index in [4.69, 9.17) is 4.74 Å². The SMILES string of the molecule is C=CCOc1ccccc1C=NNC(=O)c1ccc(-n2c(C)ccc2C)cc1. The Balaban J connectivity index is 1.67. The molecule has 1 amide bonds. The smallest absolute Gasteiger partial charge is 0.271 e. The van der Waals surface area contributed by atoms with Crippen LogP contribution in [-0.4, -0.2) is 23.3 Å². The van der Waals surface area contributed by atoms with Gasteiger partial charge in [0.25, 0.3) is 5.91 Å². The Kier molecular flexibility index (Phi) is 6.07. The minimum absolute atomic E-state index is 0.270. The zero-order chi connectivity index (χ0) is 19.9. The van der Waals surface area contributed by atoms with Gasteiger partial charge in [-0.15, -0.1) is 0 Å². The van der Waals surface area contributed by atoms with Crippen molar-refractivity contribution in [1.29, 1.82) is 0 Å². The molecule has 0 saturated heterocycles. The van der Waals surface area contributed by atoms with Crippen LogP contribution in [0.15, 0.2) is 78.4 Å². The Morgan fingerprint density at radius 1 is 1.07 bits per heavy atom. The molecule has 0 bridgehead atoms. The van der Waals surface area contributed by atoms with Crippen molar-refractivity contribution in [2.24, 2.45) is 5.10 Å². The number of ether oxygens (including phenoxy) is 1. The second-order valence-electron chi connectivity index (χ2n) is 6.34. The van der Waals surface area contributed by atoms with E-state index in [0.717, 1.165) is 22.6 Å². The van der Waals surface area contributed by atoms with Gasteiger partial charge in [-0.25, -0.2) is 5.43 Å². The molecule has 0 radical (unpaired) electrons. The third-order valence-electron chi connectivity index (χ3n) is 4.30. The standard InChI is InChI=1S/C23H23N3O2/c1-4-15-28-22-8-6-5-7-20(22)16-24-25-23(27)19-11-13-21(14-12-19)26-17(2)9-10-18(26)3/h4-14,16H,1,15H2,2-3H3,(H,25,27). The van der Waals surface area contributed by atoms with Gasteiger partial charge in [-0.1, -0.05) is 24.8 Å². The fraction of sp³-hybridized carbons (Fsp3) is 0.130. The molecule has 0 atom stereocenters. The molecule has 5 heteroatoms. The van der Waals surface area contributed by atoms with Gasteiger partial charge < -0.3 is 9.30 Å². The van der Waals surface area contributed by atoms with E-state index in [2.05, 4.69) is 47.7 Å². The van der Waals surface area contributed by atoms with E-state index in [1.165, 1.54) is 0 Å². The third kappa shape index (κ3) is 4.38. The summed E-state index contributed by atoms with van der Waals surface area (Å²) in [6.45, 7) is 8.15. The van der Waals surface area contributed by atoms with E-state index < -0.39 is 0 Å². The first kappa shape index (κ1) is 19.2. The Bertz CT molecular complexity index is 981. The lowest BCUT2D eigenvalue weighted by molar-refractivity contribution is 0.0955. The highest BCUT2D eigenvalue weighted by Gasteiger charge is 2.07. The quantitative estimate of drug-likeness (QED) is 0.379. The molecule has 2 aromatic carbocycles. The van der Waals surface area contributed by atoms with Gasteiger partial charge in [0.1, 0.15) is 12.4 Å². The third-order valence-corrected chi connectivity index (χ3v) is 4.30. The number of hydrogen-bond acceptors (Lipinski definition) is 3. The van der Waals surface area contributed by atoms with Crippen LogP contribution in [0.1, 0.15) is 27.3 Å². The highest BCUT2D eigenvalue weighted by Crippen LogP contribution is 2.17. The first-order valence-corrected chi connectivity index (χ1v) is 9.01. The normalized spacial score (nSPS) is 10.8. The molecule has 0 spiro atoms. The molecule has 0 unspecified atom stereocenters. The van der Waals surface area contributed by atoms with E-state index in [-0.39, 0.29) is 5.91 Å². The monoisotopic (exact) mass is 373 g/mol. The van der Waals surface area contributed by atoms with Crippen molar-refractivity contribution in [3.8, 4) is 11.4 Å². The molecule has 0 saturated carbocycles. The van der Waals surface area contributed by atoms with Crippen molar-refractivity contribution in [3.63, 3.8) is 0 Å². The molecule has 1 aromatic heterocycles. The predicted octanol–water partition coefficient (Wildman–Crippen LogP) is 4.42. The number of hydrazone groups is 1. The van der Waals surface area contributed by atoms with Crippen LogP contribution in [0.4, 0.5) is 0 Å². The topological polar surface area (TPSA) is 55.6 Å². The van der Waals surface area contributed by atoms with Gasteiger partial charge in [-0.05, 0) is 62.4 Å². The van der Waals surface area contributed by atoms with Crippen LogP contribution in [0.5, 0.6) is 5.75 Å². The van der Waals surface area contributed by atoms with Gasteiger partial charge in [-0.3, -0.25) is 4.79 Å². The zero-order valence-electron chi connectivity index (χ0n) is 16.1. The summed E-state index contributed by atoms with van der Waals surface area (Å²) in [6, 6.07) is 19.1. The van der Waals surface area contributed by atoms with E-state index in [1.807, 2.05) is 36.4 Å².